The molecule has 7 nitrogen and oxygen atoms in total. The Labute approximate surface area is 175 Å². The third-order valence-electron chi connectivity index (χ3n) is 4.07. The molecule has 0 fully saturated rings. The first kappa shape index (κ1) is 20.9. The lowest BCUT2D eigenvalue weighted by molar-refractivity contribution is 0.102. The molecular formula is C22H19N3O4S. The van der Waals surface area contributed by atoms with Crippen LogP contribution in [0.15, 0.2) is 77.7 Å². The van der Waals surface area contributed by atoms with Gasteiger partial charge in [-0.1, -0.05) is 12.1 Å². The number of nitrogens with zero attached hydrogens (tertiary/aromatic N) is 1. The maximum atomic E-state index is 12.6. The van der Waals surface area contributed by atoms with Gasteiger partial charge < -0.3 is 10.1 Å². The summed E-state index contributed by atoms with van der Waals surface area (Å²) in [6, 6.07) is 20.7. The highest BCUT2D eigenvalue weighted by Gasteiger charge is 2.15. The van der Waals surface area contributed by atoms with Crippen LogP contribution in [-0.4, -0.2) is 20.9 Å². The number of anilines is 2. The third kappa shape index (κ3) is 5.16. The Kier molecular flexibility index (Phi) is 6.35. The number of amides is 1. The summed E-state index contributed by atoms with van der Waals surface area (Å²) in [5, 5.41) is 11.7. The Balaban J connectivity index is 1.75. The topological polar surface area (TPSA) is 108 Å². The molecule has 30 heavy (non-hydrogen) atoms. The highest BCUT2D eigenvalue weighted by molar-refractivity contribution is 7.92. The number of carbonyl (C=O) groups excluding carboxylic acids is 1. The summed E-state index contributed by atoms with van der Waals surface area (Å²) >= 11 is 0. The minimum absolute atomic E-state index is 0.0779. The van der Waals surface area contributed by atoms with E-state index in [0.29, 0.717) is 23.6 Å². The normalized spacial score (nSPS) is 10.7. The van der Waals surface area contributed by atoms with E-state index in [0.717, 1.165) is 0 Å². The molecule has 0 spiro atoms. The Morgan fingerprint density at radius 1 is 1.00 bits per heavy atom. The summed E-state index contributed by atoms with van der Waals surface area (Å²) in [6.45, 7) is 2.33. The molecule has 0 bridgehead atoms. The molecule has 0 saturated carbocycles. The van der Waals surface area contributed by atoms with Gasteiger partial charge in [0, 0.05) is 16.9 Å². The van der Waals surface area contributed by atoms with Crippen molar-refractivity contribution < 1.29 is 17.9 Å². The van der Waals surface area contributed by atoms with E-state index in [1.165, 1.54) is 18.2 Å². The molecule has 1 amide bonds. The van der Waals surface area contributed by atoms with Gasteiger partial charge in [0.25, 0.3) is 15.9 Å². The predicted octanol–water partition coefficient (Wildman–Crippen LogP) is 4.01. The maximum absolute atomic E-state index is 12.6. The minimum atomic E-state index is -3.83. The van der Waals surface area contributed by atoms with Crippen molar-refractivity contribution in [1.82, 2.24) is 0 Å². The fourth-order valence-electron chi connectivity index (χ4n) is 2.69. The molecule has 2 N–H and O–H groups in total. The van der Waals surface area contributed by atoms with Gasteiger partial charge in [-0.05, 0) is 67.6 Å². The van der Waals surface area contributed by atoms with Gasteiger partial charge in [-0.25, -0.2) is 8.42 Å². The number of nitriles is 1. The summed E-state index contributed by atoms with van der Waals surface area (Å²) in [5.41, 5.74) is 1.41. The number of sulfonamides is 1. The fourth-order valence-corrected chi connectivity index (χ4v) is 3.74. The number of rotatable bonds is 7. The number of benzene rings is 3. The molecule has 0 atom stereocenters. The van der Waals surface area contributed by atoms with Crippen molar-refractivity contribution >= 4 is 27.3 Å². The Bertz CT molecular complexity index is 1200. The van der Waals surface area contributed by atoms with Gasteiger partial charge in [-0.15, -0.1) is 0 Å². The molecule has 0 aliphatic carbocycles. The Morgan fingerprint density at radius 3 is 2.40 bits per heavy atom. The summed E-state index contributed by atoms with van der Waals surface area (Å²) in [4.78, 5) is 12.6. The zero-order valence-corrected chi connectivity index (χ0v) is 16.9. The SMILES string of the molecule is CCOc1ccc(S(=O)(=O)Nc2cccc(C(=O)Nc3cccc(C#N)c3)c2)cc1. The highest BCUT2D eigenvalue weighted by Crippen LogP contribution is 2.21. The number of nitrogens with one attached hydrogen (secondary N) is 2. The van der Waals surface area contributed by atoms with Gasteiger partial charge in [0.15, 0.2) is 0 Å². The van der Waals surface area contributed by atoms with Crippen molar-refractivity contribution in [3.8, 4) is 11.8 Å². The van der Waals surface area contributed by atoms with Crippen LogP contribution in [0.4, 0.5) is 11.4 Å². The summed E-state index contributed by atoms with van der Waals surface area (Å²) in [6.07, 6.45) is 0. The van der Waals surface area contributed by atoms with Crippen LogP contribution in [0.5, 0.6) is 5.75 Å². The van der Waals surface area contributed by atoms with E-state index in [1.54, 1.807) is 54.6 Å². The smallest absolute Gasteiger partial charge is 0.261 e. The standard InChI is InChI=1S/C22H19N3O4S/c1-2-29-20-9-11-21(12-10-20)30(27,28)25-19-8-4-6-17(14-19)22(26)24-18-7-3-5-16(13-18)15-23/h3-14,25H,2H2,1H3,(H,24,26). The van der Waals surface area contributed by atoms with Gasteiger partial charge in [0.2, 0.25) is 0 Å². The molecule has 0 aliphatic heterocycles. The molecule has 0 heterocycles. The molecule has 0 aliphatic rings. The first-order valence-corrected chi connectivity index (χ1v) is 10.6. The van der Waals surface area contributed by atoms with Crippen LogP contribution in [0.2, 0.25) is 0 Å². The van der Waals surface area contributed by atoms with Crippen molar-refractivity contribution in [3.63, 3.8) is 0 Å². The first-order valence-electron chi connectivity index (χ1n) is 9.08. The molecule has 152 valence electrons. The maximum Gasteiger partial charge on any atom is 0.261 e. The van der Waals surface area contributed by atoms with Crippen LogP contribution in [0.1, 0.15) is 22.8 Å². The second kappa shape index (κ2) is 9.11. The van der Waals surface area contributed by atoms with Gasteiger partial charge in [-0.2, -0.15) is 5.26 Å². The monoisotopic (exact) mass is 421 g/mol. The van der Waals surface area contributed by atoms with E-state index in [4.69, 9.17) is 10.00 Å². The third-order valence-corrected chi connectivity index (χ3v) is 5.47. The van der Waals surface area contributed by atoms with Crippen LogP contribution in [-0.2, 0) is 10.0 Å². The average molecular weight is 421 g/mol. The molecule has 3 aromatic carbocycles. The number of carbonyl (C=O) groups is 1. The van der Waals surface area contributed by atoms with E-state index in [9.17, 15) is 13.2 Å². The first-order chi connectivity index (χ1) is 14.4. The van der Waals surface area contributed by atoms with E-state index in [-0.39, 0.29) is 16.1 Å². The summed E-state index contributed by atoms with van der Waals surface area (Å²) in [5.74, 6) is 0.155. The fraction of sp³-hybridized carbons (Fsp3) is 0.0909. The number of hydrogen-bond donors (Lipinski definition) is 2. The molecule has 3 rings (SSSR count). The Hall–Kier alpha value is -3.83. The van der Waals surface area contributed by atoms with Crippen molar-refractivity contribution in [2.75, 3.05) is 16.6 Å². The van der Waals surface area contributed by atoms with Gasteiger partial charge in [0.1, 0.15) is 5.75 Å². The second-order valence-electron chi connectivity index (χ2n) is 6.24. The van der Waals surface area contributed by atoms with Gasteiger partial charge >= 0.3 is 0 Å². The van der Waals surface area contributed by atoms with Crippen LogP contribution in [0.25, 0.3) is 0 Å². The zero-order chi connectivity index (χ0) is 21.6. The van der Waals surface area contributed by atoms with E-state index >= 15 is 0 Å². The van der Waals surface area contributed by atoms with Crippen LogP contribution >= 0.6 is 0 Å². The Morgan fingerprint density at radius 2 is 1.70 bits per heavy atom. The molecule has 0 unspecified atom stereocenters. The lowest BCUT2D eigenvalue weighted by atomic mass is 10.1. The van der Waals surface area contributed by atoms with Crippen LogP contribution < -0.4 is 14.8 Å². The quantitative estimate of drug-likeness (QED) is 0.599. The lowest BCUT2D eigenvalue weighted by Crippen LogP contribution is -2.15. The van der Waals surface area contributed by atoms with E-state index in [2.05, 4.69) is 10.0 Å². The van der Waals surface area contributed by atoms with E-state index < -0.39 is 15.9 Å². The number of hydrogen-bond acceptors (Lipinski definition) is 5. The minimum Gasteiger partial charge on any atom is -0.494 e. The van der Waals surface area contributed by atoms with Crippen molar-refractivity contribution in [2.45, 2.75) is 11.8 Å². The molecule has 0 radical (unpaired) electrons. The molecular weight excluding hydrogens is 402 g/mol. The molecule has 0 aromatic heterocycles. The zero-order valence-electron chi connectivity index (χ0n) is 16.1. The van der Waals surface area contributed by atoms with Gasteiger partial charge in [0.05, 0.1) is 23.1 Å². The lowest BCUT2D eigenvalue weighted by Gasteiger charge is -2.11. The summed E-state index contributed by atoms with van der Waals surface area (Å²) < 4.78 is 33.1. The van der Waals surface area contributed by atoms with Crippen LogP contribution in [0, 0.1) is 11.3 Å². The van der Waals surface area contributed by atoms with Crippen molar-refractivity contribution in [1.29, 1.82) is 5.26 Å². The van der Waals surface area contributed by atoms with Gasteiger partial charge in [-0.3, -0.25) is 9.52 Å². The van der Waals surface area contributed by atoms with E-state index in [1.807, 2.05) is 13.0 Å². The second-order valence-corrected chi connectivity index (χ2v) is 7.92. The largest absolute Gasteiger partial charge is 0.494 e. The van der Waals surface area contributed by atoms with Crippen molar-refractivity contribution in [2.24, 2.45) is 0 Å². The summed E-state index contributed by atoms with van der Waals surface area (Å²) in [7, 11) is -3.83. The highest BCUT2D eigenvalue weighted by atomic mass is 32.2. The average Bonchev–Trinajstić information content (AvgIpc) is 2.74. The molecule has 3 aromatic rings. The number of ether oxygens (including phenoxy) is 1. The predicted molar refractivity (Wildman–Crippen MR) is 114 cm³/mol. The molecule has 8 heteroatoms. The van der Waals surface area contributed by atoms with Crippen LogP contribution in [0.3, 0.4) is 0 Å². The van der Waals surface area contributed by atoms with Crippen molar-refractivity contribution in [3.05, 3.63) is 83.9 Å². The molecule has 0 saturated heterocycles.